The van der Waals surface area contributed by atoms with Gasteiger partial charge in [-0.1, -0.05) is 31.3 Å². The van der Waals surface area contributed by atoms with Gasteiger partial charge in [-0.15, -0.1) is 11.8 Å². The largest absolute Gasteiger partial charge is 0.497 e. The van der Waals surface area contributed by atoms with Crippen molar-refractivity contribution in [3.05, 3.63) is 52.8 Å². The van der Waals surface area contributed by atoms with Crippen molar-refractivity contribution in [2.24, 2.45) is 4.99 Å². The van der Waals surface area contributed by atoms with Crippen LogP contribution in [0.1, 0.15) is 31.1 Å². The minimum atomic E-state index is -0.211. The number of rotatable bonds is 5. The molecule has 0 aliphatic heterocycles. The van der Waals surface area contributed by atoms with Crippen LogP contribution in [-0.4, -0.2) is 22.8 Å². The van der Waals surface area contributed by atoms with Crippen molar-refractivity contribution in [3.8, 4) is 5.75 Å². The molecule has 1 aromatic heterocycles. The van der Waals surface area contributed by atoms with E-state index in [-0.39, 0.29) is 5.91 Å². The third-order valence-electron chi connectivity index (χ3n) is 3.86. The maximum absolute atomic E-state index is 12.7. The lowest BCUT2D eigenvalue weighted by Gasteiger charge is -2.05. The van der Waals surface area contributed by atoms with Gasteiger partial charge in [0.15, 0.2) is 4.80 Å². The number of aromatic nitrogens is 1. The van der Waals surface area contributed by atoms with E-state index >= 15 is 0 Å². The number of amides is 1. The van der Waals surface area contributed by atoms with Crippen LogP contribution in [-0.2, 0) is 6.54 Å². The van der Waals surface area contributed by atoms with Crippen LogP contribution in [0.15, 0.2) is 52.4 Å². The summed E-state index contributed by atoms with van der Waals surface area (Å²) in [4.78, 5) is 18.9. The Kier molecular flexibility index (Phi) is 5.84. The topological polar surface area (TPSA) is 43.6 Å². The fourth-order valence-electron chi connectivity index (χ4n) is 2.70. The van der Waals surface area contributed by atoms with E-state index in [1.807, 2.05) is 42.5 Å². The average molecular weight is 387 g/mol. The molecule has 1 heterocycles. The van der Waals surface area contributed by atoms with Gasteiger partial charge in [0.2, 0.25) is 0 Å². The van der Waals surface area contributed by atoms with E-state index in [1.54, 1.807) is 18.9 Å². The van der Waals surface area contributed by atoms with Crippen molar-refractivity contribution < 1.29 is 9.53 Å². The van der Waals surface area contributed by atoms with Crippen LogP contribution in [0.4, 0.5) is 0 Å². The molecule has 26 heavy (non-hydrogen) atoms. The number of fused-ring (bicyclic) bond motifs is 1. The summed E-state index contributed by atoms with van der Waals surface area (Å²) in [6, 6.07) is 13.6. The number of benzene rings is 2. The minimum Gasteiger partial charge on any atom is -0.497 e. The van der Waals surface area contributed by atoms with Crippen LogP contribution in [0, 0.1) is 0 Å². The molecule has 0 spiro atoms. The van der Waals surface area contributed by atoms with E-state index in [4.69, 9.17) is 4.74 Å². The Balaban J connectivity index is 2.02. The molecule has 0 unspecified atom stereocenters. The fourth-order valence-corrected chi connectivity index (χ4v) is 4.71. The highest BCUT2D eigenvalue weighted by Crippen LogP contribution is 2.25. The van der Waals surface area contributed by atoms with Crippen molar-refractivity contribution in [2.75, 3.05) is 7.11 Å². The third-order valence-corrected chi connectivity index (χ3v) is 5.89. The summed E-state index contributed by atoms with van der Waals surface area (Å²) in [6.45, 7) is 7.08. The average Bonchev–Trinajstić information content (AvgIpc) is 2.97. The Morgan fingerprint density at radius 2 is 2.08 bits per heavy atom. The minimum absolute atomic E-state index is 0.211. The molecule has 0 saturated carbocycles. The van der Waals surface area contributed by atoms with Gasteiger partial charge in [0.1, 0.15) is 5.75 Å². The Morgan fingerprint density at radius 1 is 1.27 bits per heavy atom. The lowest BCUT2D eigenvalue weighted by molar-refractivity contribution is 0.0997. The summed E-state index contributed by atoms with van der Waals surface area (Å²) in [5.41, 5.74) is 1.68. The number of carbonyl (C=O) groups is 1. The van der Waals surface area contributed by atoms with Crippen LogP contribution in [0.5, 0.6) is 5.75 Å². The Bertz CT molecular complexity index is 1000. The second-order valence-electron chi connectivity index (χ2n) is 6.07. The molecular formula is C20H22N2O2S2. The van der Waals surface area contributed by atoms with Crippen molar-refractivity contribution in [2.45, 2.75) is 37.5 Å². The first kappa shape index (κ1) is 18.7. The zero-order chi connectivity index (χ0) is 18.7. The molecule has 0 bridgehead atoms. The molecule has 0 atom stereocenters. The Morgan fingerprint density at radius 3 is 2.77 bits per heavy atom. The number of nitrogens with zero attached hydrogens (tertiary/aromatic N) is 2. The third kappa shape index (κ3) is 4.02. The predicted octanol–water partition coefficient (Wildman–Crippen LogP) is 4.97. The maximum Gasteiger partial charge on any atom is 0.279 e. The molecule has 6 heteroatoms. The van der Waals surface area contributed by atoms with Crippen LogP contribution >= 0.6 is 23.1 Å². The van der Waals surface area contributed by atoms with E-state index in [2.05, 4.69) is 30.3 Å². The SMILES string of the molecule is CCn1c(=NC(=O)c2cccc(SC(C)C)c2)sc2cc(OC)ccc21. The quantitative estimate of drug-likeness (QED) is 0.581. The zero-order valence-electron chi connectivity index (χ0n) is 15.4. The highest BCUT2D eigenvalue weighted by atomic mass is 32.2. The summed E-state index contributed by atoms with van der Waals surface area (Å²) in [7, 11) is 1.65. The van der Waals surface area contributed by atoms with E-state index in [9.17, 15) is 4.79 Å². The van der Waals surface area contributed by atoms with Crippen LogP contribution < -0.4 is 9.54 Å². The number of hydrogen-bond donors (Lipinski definition) is 0. The van der Waals surface area contributed by atoms with Crippen molar-refractivity contribution >= 4 is 39.2 Å². The summed E-state index contributed by atoms with van der Waals surface area (Å²) < 4.78 is 8.41. The molecule has 136 valence electrons. The highest BCUT2D eigenvalue weighted by Gasteiger charge is 2.10. The van der Waals surface area contributed by atoms with Gasteiger partial charge < -0.3 is 9.30 Å². The van der Waals surface area contributed by atoms with Crippen molar-refractivity contribution in [1.29, 1.82) is 0 Å². The highest BCUT2D eigenvalue weighted by molar-refractivity contribution is 7.99. The number of ether oxygens (including phenoxy) is 1. The van der Waals surface area contributed by atoms with E-state index in [1.165, 1.54) is 11.3 Å². The zero-order valence-corrected chi connectivity index (χ0v) is 17.0. The summed E-state index contributed by atoms with van der Waals surface area (Å²) in [5.74, 6) is 0.593. The first-order chi connectivity index (χ1) is 12.5. The first-order valence-electron chi connectivity index (χ1n) is 8.55. The van der Waals surface area contributed by atoms with Gasteiger partial charge in [0.25, 0.3) is 5.91 Å². The summed E-state index contributed by atoms with van der Waals surface area (Å²) in [6.07, 6.45) is 0. The van der Waals surface area contributed by atoms with Gasteiger partial charge in [-0.2, -0.15) is 4.99 Å². The number of thiazole rings is 1. The molecule has 0 aliphatic carbocycles. The van der Waals surface area contributed by atoms with Gasteiger partial charge in [-0.05, 0) is 43.3 Å². The number of carbonyl (C=O) groups excluding carboxylic acids is 1. The van der Waals surface area contributed by atoms with E-state index in [0.717, 1.165) is 27.4 Å². The van der Waals surface area contributed by atoms with Gasteiger partial charge in [-0.25, -0.2) is 0 Å². The maximum atomic E-state index is 12.7. The van der Waals surface area contributed by atoms with Crippen molar-refractivity contribution in [1.82, 2.24) is 4.57 Å². The Labute approximate surface area is 161 Å². The summed E-state index contributed by atoms with van der Waals surface area (Å²) in [5, 5.41) is 0.470. The molecule has 0 N–H and O–H groups in total. The second kappa shape index (κ2) is 8.10. The van der Waals surface area contributed by atoms with Crippen LogP contribution in [0.2, 0.25) is 0 Å². The first-order valence-corrected chi connectivity index (χ1v) is 10.2. The van der Waals surface area contributed by atoms with E-state index < -0.39 is 0 Å². The molecule has 0 fully saturated rings. The second-order valence-corrected chi connectivity index (χ2v) is 8.73. The molecule has 1 amide bonds. The number of aryl methyl sites for hydroxylation is 1. The van der Waals surface area contributed by atoms with Crippen LogP contribution in [0.25, 0.3) is 10.2 Å². The van der Waals surface area contributed by atoms with Crippen molar-refractivity contribution in [3.63, 3.8) is 0 Å². The van der Waals surface area contributed by atoms with E-state index in [0.29, 0.717) is 15.6 Å². The van der Waals surface area contributed by atoms with Gasteiger partial charge >= 0.3 is 0 Å². The van der Waals surface area contributed by atoms with Gasteiger partial charge in [-0.3, -0.25) is 4.79 Å². The lowest BCUT2D eigenvalue weighted by Crippen LogP contribution is -2.15. The van der Waals surface area contributed by atoms with Crippen LogP contribution in [0.3, 0.4) is 0 Å². The fraction of sp³-hybridized carbons (Fsp3) is 0.300. The molecule has 0 saturated heterocycles. The summed E-state index contributed by atoms with van der Waals surface area (Å²) >= 11 is 3.25. The standard InChI is InChI=1S/C20H22N2O2S2/c1-5-22-17-10-9-15(24-4)12-18(17)26-20(22)21-19(23)14-7-6-8-16(11-14)25-13(2)3/h6-13H,5H2,1-4H3. The van der Waals surface area contributed by atoms with Gasteiger partial charge in [0, 0.05) is 22.3 Å². The smallest absolute Gasteiger partial charge is 0.279 e. The molecule has 3 aromatic rings. The molecule has 0 radical (unpaired) electrons. The number of thioether (sulfide) groups is 1. The van der Waals surface area contributed by atoms with Gasteiger partial charge in [0.05, 0.1) is 17.3 Å². The molecule has 2 aromatic carbocycles. The monoisotopic (exact) mass is 386 g/mol. The normalized spacial score (nSPS) is 12.1. The molecule has 3 rings (SSSR count). The lowest BCUT2D eigenvalue weighted by atomic mass is 10.2. The number of hydrogen-bond acceptors (Lipinski definition) is 4. The molecule has 0 aliphatic rings. The number of methoxy groups -OCH3 is 1. The molecular weight excluding hydrogens is 364 g/mol. The molecule has 4 nitrogen and oxygen atoms in total. The Hall–Kier alpha value is -2.05. The predicted molar refractivity (Wildman–Crippen MR) is 109 cm³/mol.